The van der Waals surface area contributed by atoms with Gasteiger partial charge in [-0.3, -0.25) is 19.7 Å². The van der Waals surface area contributed by atoms with Gasteiger partial charge in [0.1, 0.15) is 0 Å². The summed E-state index contributed by atoms with van der Waals surface area (Å²) in [6, 6.07) is 9.73. The van der Waals surface area contributed by atoms with Crippen LogP contribution in [-0.2, 0) is 6.54 Å². The van der Waals surface area contributed by atoms with Crippen molar-refractivity contribution < 1.29 is 9.90 Å². The minimum absolute atomic E-state index is 0.00602. The Morgan fingerprint density at radius 1 is 1.25 bits per heavy atom. The van der Waals surface area contributed by atoms with Gasteiger partial charge >= 0.3 is 0 Å². The molecule has 1 spiro atoms. The molecular formula is C22H28N4O2. The van der Waals surface area contributed by atoms with Crippen LogP contribution < -0.4 is 0 Å². The van der Waals surface area contributed by atoms with Gasteiger partial charge in [-0.1, -0.05) is 6.07 Å². The molecule has 148 valence electrons. The number of hydrogen-bond donors (Lipinski definition) is 1. The van der Waals surface area contributed by atoms with Gasteiger partial charge in [0.25, 0.3) is 5.91 Å². The van der Waals surface area contributed by atoms with Gasteiger partial charge in [-0.15, -0.1) is 0 Å². The van der Waals surface area contributed by atoms with Crippen LogP contribution in [0.1, 0.15) is 41.0 Å². The summed E-state index contributed by atoms with van der Waals surface area (Å²) in [6.07, 6.45) is 5.58. The van der Waals surface area contributed by atoms with Crippen molar-refractivity contribution in [2.24, 2.45) is 5.41 Å². The summed E-state index contributed by atoms with van der Waals surface area (Å²) in [7, 11) is 0. The van der Waals surface area contributed by atoms with E-state index in [2.05, 4.69) is 27.0 Å². The molecule has 1 amide bonds. The van der Waals surface area contributed by atoms with Gasteiger partial charge < -0.3 is 10.0 Å². The molecular weight excluding hydrogens is 352 g/mol. The van der Waals surface area contributed by atoms with E-state index >= 15 is 0 Å². The van der Waals surface area contributed by atoms with Gasteiger partial charge in [0.05, 0.1) is 17.4 Å². The molecule has 6 nitrogen and oxygen atoms in total. The first-order chi connectivity index (χ1) is 13.5. The lowest BCUT2D eigenvalue weighted by atomic mass is 9.71. The number of pyridine rings is 2. The summed E-state index contributed by atoms with van der Waals surface area (Å²) in [4.78, 5) is 25.8. The molecule has 2 aliphatic rings. The van der Waals surface area contributed by atoms with Crippen molar-refractivity contribution in [3.8, 4) is 0 Å². The van der Waals surface area contributed by atoms with Crippen molar-refractivity contribution >= 4 is 5.91 Å². The van der Waals surface area contributed by atoms with Crippen LogP contribution in [0.2, 0.25) is 0 Å². The molecule has 2 fully saturated rings. The van der Waals surface area contributed by atoms with Crippen molar-refractivity contribution in [1.82, 2.24) is 19.8 Å². The van der Waals surface area contributed by atoms with Crippen LogP contribution in [0.3, 0.4) is 0 Å². The zero-order chi connectivity index (χ0) is 19.6. The lowest BCUT2D eigenvalue weighted by Gasteiger charge is -2.49. The number of aliphatic hydroxyl groups excluding tert-OH is 1. The maximum atomic E-state index is 12.9. The maximum Gasteiger partial charge on any atom is 0.255 e. The number of aliphatic hydroxyl groups is 1. The van der Waals surface area contributed by atoms with E-state index in [1.165, 1.54) is 0 Å². The number of rotatable bonds is 3. The van der Waals surface area contributed by atoms with Crippen molar-refractivity contribution in [2.45, 2.75) is 38.8 Å². The Morgan fingerprint density at radius 3 is 2.79 bits per heavy atom. The predicted octanol–water partition coefficient (Wildman–Crippen LogP) is 2.27. The number of β-amino-alcohol motifs (C(OH)–C–C–N with tert-alkyl or cyclic N) is 1. The Kier molecular flexibility index (Phi) is 5.42. The van der Waals surface area contributed by atoms with Gasteiger partial charge in [-0.25, -0.2) is 0 Å². The van der Waals surface area contributed by atoms with Crippen LogP contribution in [0.25, 0.3) is 0 Å². The summed E-state index contributed by atoms with van der Waals surface area (Å²) in [5, 5.41) is 10.5. The van der Waals surface area contributed by atoms with E-state index in [1.54, 1.807) is 24.5 Å². The van der Waals surface area contributed by atoms with Gasteiger partial charge in [-0.2, -0.15) is 0 Å². The van der Waals surface area contributed by atoms with Crippen LogP contribution in [0.5, 0.6) is 0 Å². The molecule has 0 bridgehead atoms. The van der Waals surface area contributed by atoms with Crippen LogP contribution in [0, 0.1) is 12.3 Å². The lowest BCUT2D eigenvalue weighted by Crippen LogP contribution is -2.55. The standard InChI is InChI=1S/C22H28N4O2/c1-17-4-2-6-19(24-17)14-25-10-7-22(8-11-25)12-20(27)15-26(16-22)21(28)18-5-3-9-23-13-18/h2-6,9,13,20,27H,7-8,10-12,14-16H2,1H3. The van der Waals surface area contributed by atoms with Crippen LogP contribution in [0.4, 0.5) is 0 Å². The third-order valence-corrected chi connectivity index (χ3v) is 6.07. The number of nitrogens with zero attached hydrogens (tertiary/aromatic N) is 4. The highest BCUT2D eigenvalue weighted by Crippen LogP contribution is 2.40. The minimum atomic E-state index is -0.459. The molecule has 2 aromatic rings. The number of amides is 1. The van der Waals surface area contributed by atoms with Gasteiger partial charge in [0.2, 0.25) is 0 Å². The average Bonchev–Trinajstić information content (AvgIpc) is 2.70. The Balaban J connectivity index is 1.40. The molecule has 0 radical (unpaired) electrons. The van der Waals surface area contributed by atoms with E-state index in [1.807, 2.05) is 17.9 Å². The highest BCUT2D eigenvalue weighted by Gasteiger charge is 2.43. The van der Waals surface area contributed by atoms with E-state index in [9.17, 15) is 9.90 Å². The molecule has 4 heterocycles. The highest BCUT2D eigenvalue weighted by molar-refractivity contribution is 5.94. The largest absolute Gasteiger partial charge is 0.391 e. The normalized spacial score (nSPS) is 22.4. The second-order valence-corrected chi connectivity index (χ2v) is 8.33. The molecule has 0 aliphatic carbocycles. The topological polar surface area (TPSA) is 69.6 Å². The van der Waals surface area contributed by atoms with Gasteiger partial charge in [-0.05, 0) is 69.0 Å². The summed E-state index contributed by atoms with van der Waals surface area (Å²) in [5.74, 6) is -0.0300. The molecule has 2 aliphatic heterocycles. The molecule has 6 heteroatoms. The summed E-state index contributed by atoms with van der Waals surface area (Å²) < 4.78 is 0. The number of carbonyl (C=O) groups excluding carboxylic acids is 1. The number of aryl methyl sites for hydroxylation is 1. The molecule has 2 saturated heterocycles. The molecule has 2 aromatic heterocycles. The summed E-state index contributed by atoms with van der Waals surface area (Å²) in [6.45, 7) is 5.94. The van der Waals surface area contributed by atoms with E-state index in [4.69, 9.17) is 0 Å². The third-order valence-electron chi connectivity index (χ3n) is 6.07. The second kappa shape index (κ2) is 7.97. The molecule has 0 aromatic carbocycles. The fraction of sp³-hybridized carbons (Fsp3) is 0.500. The Morgan fingerprint density at radius 2 is 2.07 bits per heavy atom. The number of likely N-dealkylation sites (tertiary alicyclic amines) is 2. The fourth-order valence-electron chi connectivity index (χ4n) is 4.64. The number of aromatic nitrogens is 2. The van der Waals surface area contributed by atoms with Gasteiger partial charge in [0, 0.05) is 37.7 Å². The SMILES string of the molecule is Cc1cccc(CN2CCC3(CC2)CC(O)CN(C(=O)c2cccnc2)C3)n1. The monoisotopic (exact) mass is 380 g/mol. The average molecular weight is 380 g/mol. The van der Waals surface area contributed by atoms with Crippen LogP contribution >= 0.6 is 0 Å². The Bertz CT molecular complexity index is 818. The Hall–Kier alpha value is -2.31. The van der Waals surface area contributed by atoms with E-state index < -0.39 is 6.10 Å². The van der Waals surface area contributed by atoms with E-state index in [0.717, 1.165) is 50.3 Å². The molecule has 1 N–H and O–H groups in total. The first-order valence-electron chi connectivity index (χ1n) is 10.1. The second-order valence-electron chi connectivity index (χ2n) is 8.33. The third kappa shape index (κ3) is 4.23. The number of hydrogen-bond acceptors (Lipinski definition) is 5. The van der Waals surface area contributed by atoms with E-state index in [-0.39, 0.29) is 11.3 Å². The molecule has 0 saturated carbocycles. The zero-order valence-corrected chi connectivity index (χ0v) is 16.4. The van der Waals surface area contributed by atoms with Gasteiger partial charge in [0.15, 0.2) is 0 Å². The smallest absolute Gasteiger partial charge is 0.255 e. The predicted molar refractivity (Wildman–Crippen MR) is 107 cm³/mol. The zero-order valence-electron chi connectivity index (χ0n) is 16.4. The summed E-state index contributed by atoms with van der Waals surface area (Å²) in [5.41, 5.74) is 2.75. The lowest BCUT2D eigenvalue weighted by molar-refractivity contribution is -0.0338. The maximum absolute atomic E-state index is 12.9. The highest BCUT2D eigenvalue weighted by atomic mass is 16.3. The van der Waals surface area contributed by atoms with E-state index in [0.29, 0.717) is 18.7 Å². The molecule has 28 heavy (non-hydrogen) atoms. The molecule has 4 rings (SSSR count). The number of carbonyl (C=O) groups is 1. The summed E-state index contributed by atoms with van der Waals surface area (Å²) >= 11 is 0. The number of piperidine rings is 2. The minimum Gasteiger partial charge on any atom is -0.391 e. The molecule has 1 atom stereocenters. The van der Waals surface area contributed by atoms with Crippen molar-refractivity contribution in [2.75, 3.05) is 26.2 Å². The Labute approximate surface area is 166 Å². The van der Waals surface area contributed by atoms with Crippen molar-refractivity contribution in [1.29, 1.82) is 0 Å². The quantitative estimate of drug-likeness (QED) is 0.885. The molecule has 1 unspecified atom stereocenters. The fourth-order valence-corrected chi connectivity index (χ4v) is 4.64. The van der Waals surface area contributed by atoms with Crippen molar-refractivity contribution in [3.05, 3.63) is 59.7 Å². The first kappa shape index (κ1) is 19.0. The first-order valence-corrected chi connectivity index (χ1v) is 10.1. The van der Waals surface area contributed by atoms with Crippen molar-refractivity contribution in [3.63, 3.8) is 0 Å². The van der Waals surface area contributed by atoms with Crippen LogP contribution in [-0.4, -0.2) is 63.1 Å². The van der Waals surface area contributed by atoms with Crippen LogP contribution in [0.15, 0.2) is 42.7 Å².